The van der Waals surface area contributed by atoms with Gasteiger partial charge in [0.1, 0.15) is 10.8 Å². The molecular weight excluding hydrogens is 285 g/mol. The standard InChI is InChI=1S/C16H22FN3S/c1-16(2,20(3)4)11-18-9-14-10-21-15(19-14)12-5-7-13(17)8-6-12/h5-8,10,18H,9,11H2,1-4H3. The summed E-state index contributed by atoms with van der Waals surface area (Å²) in [6.07, 6.45) is 0. The highest BCUT2D eigenvalue weighted by atomic mass is 32.1. The summed E-state index contributed by atoms with van der Waals surface area (Å²) in [5.41, 5.74) is 2.09. The zero-order chi connectivity index (χ0) is 15.5. The number of likely N-dealkylation sites (N-methyl/N-ethyl adjacent to an activating group) is 1. The second kappa shape index (κ2) is 6.64. The molecule has 0 bridgehead atoms. The summed E-state index contributed by atoms with van der Waals surface area (Å²) in [5, 5.41) is 6.42. The van der Waals surface area contributed by atoms with Gasteiger partial charge in [-0.05, 0) is 52.2 Å². The quantitative estimate of drug-likeness (QED) is 0.887. The van der Waals surface area contributed by atoms with Crippen molar-refractivity contribution in [2.45, 2.75) is 25.9 Å². The zero-order valence-corrected chi connectivity index (χ0v) is 13.8. The monoisotopic (exact) mass is 307 g/mol. The first-order valence-electron chi connectivity index (χ1n) is 6.97. The SMILES string of the molecule is CN(C)C(C)(C)CNCc1csc(-c2ccc(F)cc2)n1. The van der Waals surface area contributed by atoms with Crippen LogP contribution >= 0.6 is 11.3 Å². The molecule has 0 aliphatic heterocycles. The first-order chi connectivity index (χ1) is 9.88. The maximum atomic E-state index is 12.9. The molecule has 1 N–H and O–H groups in total. The van der Waals surface area contributed by atoms with Gasteiger partial charge in [0.2, 0.25) is 0 Å². The lowest BCUT2D eigenvalue weighted by Gasteiger charge is -2.32. The minimum atomic E-state index is -0.219. The maximum absolute atomic E-state index is 12.9. The lowest BCUT2D eigenvalue weighted by atomic mass is 10.0. The van der Waals surface area contributed by atoms with E-state index in [1.54, 1.807) is 23.5 Å². The Kier molecular flexibility index (Phi) is 5.08. The van der Waals surface area contributed by atoms with Gasteiger partial charge < -0.3 is 10.2 Å². The number of nitrogens with zero attached hydrogens (tertiary/aromatic N) is 2. The Balaban J connectivity index is 1.93. The second-order valence-electron chi connectivity index (χ2n) is 5.96. The molecule has 2 aromatic rings. The normalized spacial score (nSPS) is 12.1. The summed E-state index contributed by atoms with van der Waals surface area (Å²) < 4.78 is 12.9. The highest BCUT2D eigenvalue weighted by molar-refractivity contribution is 7.13. The van der Waals surface area contributed by atoms with E-state index in [0.29, 0.717) is 0 Å². The molecule has 0 amide bonds. The fourth-order valence-corrected chi connectivity index (χ4v) is 2.59. The third-order valence-corrected chi connectivity index (χ3v) is 4.66. The van der Waals surface area contributed by atoms with Crippen molar-refractivity contribution in [1.29, 1.82) is 0 Å². The molecule has 0 aliphatic carbocycles. The third kappa shape index (κ3) is 4.33. The van der Waals surface area contributed by atoms with E-state index in [4.69, 9.17) is 0 Å². The van der Waals surface area contributed by atoms with Crippen molar-refractivity contribution >= 4 is 11.3 Å². The fourth-order valence-electron chi connectivity index (χ4n) is 1.77. The minimum absolute atomic E-state index is 0.107. The van der Waals surface area contributed by atoms with Crippen LogP contribution in [0.15, 0.2) is 29.6 Å². The average Bonchev–Trinajstić information content (AvgIpc) is 2.88. The molecule has 0 saturated heterocycles. The van der Waals surface area contributed by atoms with Gasteiger partial charge in [-0.1, -0.05) is 0 Å². The molecule has 1 aromatic carbocycles. The van der Waals surface area contributed by atoms with E-state index in [-0.39, 0.29) is 11.4 Å². The molecule has 0 aliphatic rings. The molecule has 3 nitrogen and oxygen atoms in total. The van der Waals surface area contributed by atoms with Gasteiger partial charge in [-0.15, -0.1) is 11.3 Å². The maximum Gasteiger partial charge on any atom is 0.123 e. The van der Waals surface area contributed by atoms with Crippen molar-refractivity contribution in [3.05, 3.63) is 41.2 Å². The van der Waals surface area contributed by atoms with Crippen LogP contribution in [0.1, 0.15) is 19.5 Å². The molecule has 21 heavy (non-hydrogen) atoms. The Morgan fingerprint density at radius 3 is 2.52 bits per heavy atom. The fraction of sp³-hybridized carbons (Fsp3) is 0.438. The Bertz CT molecular complexity index is 575. The van der Waals surface area contributed by atoms with Crippen LogP contribution in [0.5, 0.6) is 0 Å². The highest BCUT2D eigenvalue weighted by Gasteiger charge is 2.19. The molecule has 1 aromatic heterocycles. The van der Waals surface area contributed by atoms with Gasteiger partial charge >= 0.3 is 0 Å². The largest absolute Gasteiger partial charge is 0.309 e. The van der Waals surface area contributed by atoms with Gasteiger partial charge in [0, 0.05) is 29.6 Å². The Labute approximate surface area is 129 Å². The third-order valence-electron chi connectivity index (χ3n) is 3.72. The molecule has 1 heterocycles. The minimum Gasteiger partial charge on any atom is -0.309 e. The van der Waals surface area contributed by atoms with E-state index in [1.165, 1.54) is 12.1 Å². The van der Waals surface area contributed by atoms with Crippen LogP contribution in [-0.4, -0.2) is 36.1 Å². The van der Waals surface area contributed by atoms with Gasteiger partial charge in [0.05, 0.1) is 5.69 Å². The number of halogens is 1. The van der Waals surface area contributed by atoms with Crippen LogP contribution in [0.4, 0.5) is 4.39 Å². The number of nitrogens with one attached hydrogen (secondary N) is 1. The topological polar surface area (TPSA) is 28.2 Å². The van der Waals surface area contributed by atoms with E-state index in [1.807, 2.05) is 5.38 Å². The van der Waals surface area contributed by atoms with Gasteiger partial charge in [0.15, 0.2) is 0 Å². The van der Waals surface area contributed by atoms with Crippen molar-refractivity contribution in [2.24, 2.45) is 0 Å². The van der Waals surface area contributed by atoms with Crippen molar-refractivity contribution in [3.8, 4) is 10.6 Å². The molecule has 0 saturated carbocycles. The number of hydrogen-bond acceptors (Lipinski definition) is 4. The van der Waals surface area contributed by atoms with E-state index < -0.39 is 0 Å². The first kappa shape index (κ1) is 16.1. The van der Waals surface area contributed by atoms with Gasteiger partial charge in [-0.3, -0.25) is 0 Å². The summed E-state index contributed by atoms with van der Waals surface area (Å²) >= 11 is 1.59. The van der Waals surface area contributed by atoms with Crippen LogP contribution in [0.3, 0.4) is 0 Å². The van der Waals surface area contributed by atoms with Crippen LogP contribution < -0.4 is 5.32 Å². The summed E-state index contributed by atoms with van der Waals surface area (Å²) in [6.45, 7) is 6.04. The molecule has 5 heteroatoms. The number of aromatic nitrogens is 1. The Morgan fingerprint density at radius 2 is 1.90 bits per heavy atom. The lowest BCUT2D eigenvalue weighted by molar-refractivity contribution is 0.189. The van der Waals surface area contributed by atoms with Crippen LogP contribution in [0.2, 0.25) is 0 Å². The second-order valence-corrected chi connectivity index (χ2v) is 6.82. The van der Waals surface area contributed by atoms with Gasteiger partial charge in [-0.2, -0.15) is 0 Å². The molecule has 2 rings (SSSR count). The first-order valence-corrected chi connectivity index (χ1v) is 7.85. The number of benzene rings is 1. The molecule has 114 valence electrons. The lowest BCUT2D eigenvalue weighted by Crippen LogP contribution is -2.46. The van der Waals surface area contributed by atoms with Crippen molar-refractivity contribution < 1.29 is 4.39 Å². The molecule has 0 unspecified atom stereocenters. The summed E-state index contributed by atoms with van der Waals surface area (Å²) in [5.74, 6) is -0.219. The Hall–Kier alpha value is -1.30. The number of rotatable bonds is 6. The molecule has 0 radical (unpaired) electrons. The predicted octanol–water partition coefficient (Wildman–Crippen LogP) is 3.38. The Morgan fingerprint density at radius 1 is 1.24 bits per heavy atom. The van der Waals surface area contributed by atoms with Crippen molar-refractivity contribution in [2.75, 3.05) is 20.6 Å². The summed E-state index contributed by atoms with van der Waals surface area (Å²) in [4.78, 5) is 6.79. The van der Waals surface area contributed by atoms with E-state index in [2.05, 4.69) is 43.1 Å². The van der Waals surface area contributed by atoms with E-state index in [9.17, 15) is 4.39 Å². The van der Waals surface area contributed by atoms with Gasteiger partial charge in [0.25, 0.3) is 0 Å². The van der Waals surface area contributed by atoms with Crippen LogP contribution in [0, 0.1) is 5.82 Å². The number of hydrogen-bond donors (Lipinski definition) is 1. The van der Waals surface area contributed by atoms with Gasteiger partial charge in [-0.25, -0.2) is 9.37 Å². The molecule has 0 spiro atoms. The molecule has 0 fully saturated rings. The summed E-state index contributed by atoms with van der Waals surface area (Å²) in [6, 6.07) is 6.46. The zero-order valence-electron chi connectivity index (χ0n) is 13.0. The average molecular weight is 307 g/mol. The van der Waals surface area contributed by atoms with Crippen molar-refractivity contribution in [3.63, 3.8) is 0 Å². The van der Waals surface area contributed by atoms with Crippen molar-refractivity contribution in [1.82, 2.24) is 15.2 Å². The molecular formula is C16H22FN3S. The number of thiazole rings is 1. The predicted molar refractivity (Wildman–Crippen MR) is 87.0 cm³/mol. The smallest absolute Gasteiger partial charge is 0.123 e. The molecule has 0 atom stereocenters. The van der Waals surface area contributed by atoms with Crippen LogP contribution in [0.25, 0.3) is 10.6 Å². The van der Waals surface area contributed by atoms with E-state index in [0.717, 1.165) is 29.4 Å². The van der Waals surface area contributed by atoms with Crippen LogP contribution in [-0.2, 0) is 6.54 Å². The van der Waals surface area contributed by atoms with E-state index >= 15 is 0 Å². The summed E-state index contributed by atoms with van der Waals surface area (Å²) in [7, 11) is 4.16. The highest BCUT2D eigenvalue weighted by Crippen LogP contribution is 2.23.